The summed E-state index contributed by atoms with van der Waals surface area (Å²) in [6.45, 7) is 7.24. The molecule has 13 heteroatoms. The Morgan fingerprint density at radius 2 is 1.49 bits per heavy atom. The van der Waals surface area contributed by atoms with Gasteiger partial charge in [0.05, 0.1) is 0 Å². The summed E-state index contributed by atoms with van der Waals surface area (Å²) < 4.78 is 5.49. The quantitative estimate of drug-likeness (QED) is 0.144. The number of halogens is 2. The van der Waals surface area contributed by atoms with Crippen LogP contribution in [0.2, 0.25) is 0 Å². The molecule has 1 aliphatic heterocycles. The first-order valence-corrected chi connectivity index (χ1v) is 15.0. The summed E-state index contributed by atoms with van der Waals surface area (Å²) in [4.78, 5) is 74.6. The maximum atomic E-state index is 12.9. The molecule has 0 spiro atoms. The summed E-state index contributed by atoms with van der Waals surface area (Å²) in [5.41, 5.74) is 1.29. The molecule has 0 bridgehead atoms. The zero-order valence-electron chi connectivity index (χ0n) is 23.6. The molecule has 0 fully saturated rings. The van der Waals surface area contributed by atoms with E-state index >= 15 is 0 Å². The second-order valence-electron chi connectivity index (χ2n) is 9.92. The minimum Gasteiger partial charge on any atom is -0.461 e. The fourth-order valence-electron chi connectivity index (χ4n) is 3.80. The molecule has 0 aliphatic carbocycles. The monoisotopic (exact) mass is 698 g/mol. The van der Waals surface area contributed by atoms with Crippen molar-refractivity contribution < 1.29 is 33.5 Å². The highest BCUT2D eigenvalue weighted by molar-refractivity contribution is 9.14. The van der Waals surface area contributed by atoms with Gasteiger partial charge in [0.2, 0.25) is 17.7 Å². The molecule has 2 rings (SSSR count). The number of hydrogen-bond acceptors (Lipinski definition) is 7. The van der Waals surface area contributed by atoms with Gasteiger partial charge in [-0.1, -0.05) is 39.3 Å². The van der Waals surface area contributed by atoms with Crippen molar-refractivity contribution in [2.75, 3.05) is 11.9 Å². The molecule has 2 atom stereocenters. The lowest BCUT2D eigenvalue weighted by Gasteiger charge is -2.24. The lowest BCUT2D eigenvalue weighted by atomic mass is 10.0. The van der Waals surface area contributed by atoms with Crippen molar-refractivity contribution in [1.29, 1.82) is 0 Å². The molecule has 0 saturated heterocycles. The molecule has 0 unspecified atom stereocenters. The number of esters is 1. The van der Waals surface area contributed by atoms with Crippen molar-refractivity contribution in [1.82, 2.24) is 15.5 Å². The van der Waals surface area contributed by atoms with Crippen LogP contribution in [0.15, 0.2) is 33.2 Å². The SMILES string of the molecule is CCC(=O)OCc1ccc(NC(=O)[C@H](C)NC(=O)[C@@H](NC(=O)CCCCCN2C(=O)C(Br)=C(Br)C2=O)C(C)C)cc1. The van der Waals surface area contributed by atoms with Crippen molar-refractivity contribution in [3.63, 3.8) is 0 Å². The molecule has 0 saturated carbocycles. The molecular weight excluding hydrogens is 664 g/mol. The number of carbonyl (C=O) groups is 6. The van der Waals surface area contributed by atoms with Gasteiger partial charge < -0.3 is 20.7 Å². The highest BCUT2D eigenvalue weighted by Gasteiger charge is 2.35. The number of benzene rings is 1. The third kappa shape index (κ3) is 10.4. The molecule has 1 heterocycles. The van der Waals surface area contributed by atoms with E-state index < -0.39 is 35.7 Å². The van der Waals surface area contributed by atoms with Crippen LogP contribution < -0.4 is 16.0 Å². The van der Waals surface area contributed by atoms with E-state index in [9.17, 15) is 28.8 Å². The van der Waals surface area contributed by atoms with E-state index in [4.69, 9.17) is 4.74 Å². The standard InChI is InChI=1S/C28H36Br2N4O7/c1-5-21(36)41-15-18-10-12-19(13-11-18)32-25(37)17(4)31-26(38)24(16(2)3)33-20(35)9-7-6-8-14-34-27(39)22(29)23(30)28(34)40/h10-13,16-17,24H,5-9,14-15H2,1-4H3,(H,31,38)(H,32,37)(H,33,35)/t17-,24-/m0/s1. The number of carbonyl (C=O) groups excluding carboxylic acids is 6. The van der Waals surface area contributed by atoms with E-state index in [-0.39, 0.29) is 46.3 Å². The summed E-state index contributed by atoms with van der Waals surface area (Å²) in [6.07, 6.45) is 2.14. The van der Waals surface area contributed by atoms with Crippen LogP contribution >= 0.6 is 31.9 Å². The summed E-state index contributed by atoms with van der Waals surface area (Å²) >= 11 is 6.18. The van der Waals surface area contributed by atoms with Crippen LogP contribution in [0.25, 0.3) is 0 Å². The summed E-state index contributed by atoms with van der Waals surface area (Å²) in [6, 6.07) is 5.11. The zero-order chi connectivity index (χ0) is 30.7. The van der Waals surface area contributed by atoms with Gasteiger partial charge in [0.15, 0.2) is 0 Å². The number of amides is 5. The van der Waals surface area contributed by atoms with E-state index in [1.165, 1.54) is 0 Å². The summed E-state index contributed by atoms with van der Waals surface area (Å²) in [5, 5.41) is 8.13. The van der Waals surface area contributed by atoms with E-state index in [0.29, 0.717) is 31.4 Å². The van der Waals surface area contributed by atoms with Gasteiger partial charge in [-0.05, 0) is 75.2 Å². The van der Waals surface area contributed by atoms with E-state index in [2.05, 4.69) is 47.8 Å². The average molecular weight is 700 g/mol. The average Bonchev–Trinajstić information content (AvgIpc) is 3.12. The normalized spacial score (nSPS) is 14.7. The molecule has 1 aliphatic rings. The lowest BCUT2D eigenvalue weighted by Crippen LogP contribution is -2.53. The van der Waals surface area contributed by atoms with E-state index in [1.54, 1.807) is 52.0 Å². The van der Waals surface area contributed by atoms with Crippen LogP contribution in [0.5, 0.6) is 0 Å². The van der Waals surface area contributed by atoms with Crippen LogP contribution in [-0.2, 0) is 40.1 Å². The predicted octanol–water partition coefficient (Wildman–Crippen LogP) is 3.65. The maximum Gasteiger partial charge on any atom is 0.305 e. The second kappa shape index (κ2) is 16.4. The van der Waals surface area contributed by atoms with Crippen LogP contribution in [0.3, 0.4) is 0 Å². The van der Waals surface area contributed by atoms with Crippen molar-refractivity contribution in [2.45, 2.75) is 78.5 Å². The molecule has 0 aromatic heterocycles. The Balaban J connectivity index is 1.76. The topological polar surface area (TPSA) is 151 Å². The fraction of sp³-hybridized carbons (Fsp3) is 0.500. The minimum absolute atomic E-state index is 0.143. The van der Waals surface area contributed by atoms with Gasteiger partial charge in [0, 0.05) is 25.1 Å². The van der Waals surface area contributed by atoms with Crippen LogP contribution in [-0.4, -0.2) is 59.0 Å². The maximum absolute atomic E-state index is 12.9. The van der Waals surface area contributed by atoms with Crippen LogP contribution in [0.1, 0.15) is 65.4 Å². The third-order valence-corrected chi connectivity index (χ3v) is 8.28. The molecule has 1 aromatic rings. The van der Waals surface area contributed by atoms with Gasteiger partial charge in [0.25, 0.3) is 11.8 Å². The molecule has 41 heavy (non-hydrogen) atoms. The molecule has 3 N–H and O–H groups in total. The van der Waals surface area contributed by atoms with Crippen molar-refractivity contribution in [2.24, 2.45) is 5.92 Å². The van der Waals surface area contributed by atoms with Crippen LogP contribution in [0, 0.1) is 5.92 Å². The Kier molecular flexibility index (Phi) is 13.7. The number of ether oxygens (including phenoxy) is 1. The Labute approximate surface area is 256 Å². The first-order chi connectivity index (χ1) is 19.3. The molecule has 1 aromatic carbocycles. The number of anilines is 1. The number of nitrogens with one attached hydrogen (secondary N) is 3. The number of hydrogen-bond donors (Lipinski definition) is 3. The third-order valence-electron chi connectivity index (χ3n) is 6.27. The molecule has 11 nitrogen and oxygen atoms in total. The van der Waals surface area contributed by atoms with Gasteiger partial charge in [-0.2, -0.15) is 0 Å². The number of nitrogens with zero attached hydrogens (tertiary/aromatic N) is 1. The molecule has 5 amide bonds. The highest BCUT2D eigenvalue weighted by atomic mass is 79.9. The Bertz CT molecular complexity index is 1160. The first-order valence-electron chi connectivity index (χ1n) is 13.4. The number of unbranched alkanes of at least 4 members (excludes halogenated alkanes) is 2. The van der Waals surface area contributed by atoms with E-state index in [0.717, 1.165) is 10.5 Å². The van der Waals surface area contributed by atoms with Crippen molar-refractivity contribution >= 4 is 73.1 Å². The zero-order valence-corrected chi connectivity index (χ0v) is 26.7. The van der Waals surface area contributed by atoms with Crippen molar-refractivity contribution in [3.05, 3.63) is 38.8 Å². The molecule has 224 valence electrons. The minimum atomic E-state index is -0.864. The van der Waals surface area contributed by atoms with E-state index in [1.807, 2.05) is 0 Å². The van der Waals surface area contributed by atoms with Gasteiger partial charge in [0.1, 0.15) is 27.7 Å². The summed E-state index contributed by atoms with van der Waals surface area (Å²) in [7, 11) is 0. The van der Waals surface area contributed by atoms with Gasteiger partial charge in [-0.15, -0.1) is 0 Å². The molecular formula is C28H36Br2N4O7. The molecule has 0 radical (unpaired) electrons. The van der Waals surface area contributed by atoms with Crippen LogP contribution in [0.4, 0.5) is 5.69 Å². The Morgan fingerprint density at radius 3 is 2.05 bits per heavy atom. The number of rotatable bonds is 15. The first kappa shape index (κ1) is 34.1. The Morgan fingerprint density at radius 1 is 0.878 bits per heavy atom. The van der Waals surface area contributed by atoms with Gasteiger partial charge >= 0.3 is 5.97 Å². The predicted molar refractivity (Wildman–Crippen MR) is 160 cm³/mol. The van der Waals surface area contributed by atoms with Crippen molar-refractivity contribution in [3.8, 4) is 0 Å². The smallest absolute Gasteiger partial charge is 0.305 e. The lowest BCUT2D eigenvalue weighted by molar-refractivity contribution is -0.144. The largest absolute Gasteiger partial charge is 0.461 e. The number of imide groups is 1. The Hall–Kier alpha value is -3.06. The fourth-order valence-corrected chi connectivity index (χ4v) is 4.57. The second-order valence-corrected chi connectivity index (χ2v) is 11.5. The highest BCUT2D eigenvalue weighted by Crippen LogP contribution is 2.29. The van der Waals surface area contributed by atoms with Gasteiger partial charge in [-0.25, -0.2) is 0 Å². The van der Waals surface area contributed by atoms with Gasteiger partial charge in [-0.3, -0.25) is 33.7 Å². The summed E-state index contributed by atoms with van der Waals surface area (Å²) in [5.74, 6) is -2.51.